The molecule has 88 valence electrons. The Morgan fingerprint density at radius 1 is 1.27 bits per heavy atom. The minimum absolute atomic E-state index is 0.268. The summed E-state index contributed by atoms with van der Waals surface area (Å²) in [5, 5.41) is 0. The number of nitrogens with zero attached hydrogens (tertiary/aromatic N) is 1. The largest absolute Gasteiger partial charge is 0.214 e. The SMILES string of the molecule is CCCS(=O)(=O)N1C2CCC1CC(Br)C2. The fraction of sp³-hybridized carbons (Fsp3) is 1.00. The van der Waals surface area contributed by atoms with Gasteiger partial charge in [0.05, 0.1) is 5.75 Å². The van der Waals surface area contributed by atoms with Gasteiger partial charge in [-0.25, -0.2) is 8.42 Å². The summed E-state index contributed by atoms with van der Waals surface area (Å²) in [6.45, 7) is 1.93. The van der Waals surface area contributed by atoms with E-state index < -0.39 is 10.0 Å². The third-order valence-corrected chi connectivity index (χ3v) is 6.30. The van der Waals surface area contributed by atoms with Crippen molar-refractivity contribution in [2.45, 2.75) is 55.9 Å². The van der Waals surface area contributed by atoms with Gasteiger partial charge in [0, 0.05) is 16.9 Å². The van der Waals surface area contributed by atoms with Crippen molar-refractivity contribution in [3.63, 3.8) is 0 Å². The fourth-order valence-corrected chi connectivity index (χ4v) is 5.77. The molecule has 2 aliphatic rings. The molecule has 2 unspecified atom stereocenters. The van der Waals surface area contributed by atoms with Crippen molar-refractivity contribution >= 4 is 26.0 Å². The van der Waals surface area contributed by atoms with E-state index in [1.807, 2.05) is 11.2 Å². The third-order valence-electron chi connectivity index (χ3n) is 3.39. The number of sulfonamides is 1. The van der Waals surface area contributed by atoms with Gasteiger partial charge in [0.25, 0.3) is 0 Å². The van der Waals surface area contributed by atoms with Crippen LogP contribution in [0.2, 0.25) is 0 Å². The van der Waals surface area contributed by atoms with E-state index in [4.69, 9.17) is 0 Å². The summed E-state index contributed by atoms with van der Waals surface area (Å²) in [7, 11) is -2.98. The second-order valence-electron chi connectivity index (χ2n) is 4.60. The molecule has 0 saturated carbocycles. The van der Waals surface area contributed by atoms with Crippen LogP contribution < -0.4 is 0 Å². The van der Waals surface area contributed by atoms with E-state index in [9.17, 15) is 8.42 Å². The molecule has 0 N–H and O–H groups in total. The van der Waals surface area contributed by atoms with Gasteiger partial charge in [-0.05, 0) is 32.1 Å². The molecular formula is C10H18BrNO2S. The molecule has 0 radical (unpaired) electrons. The average molecular weight is 296 g/mol. The van der Waals surface area contributed by atoms with Gasteiger partial charge in [-0.15, -0.1) is 0 Å². The van der Waals surface area contributed by atoms with Crippen LogP contribution in [0.1, 0.15) is 39.0 Å². The maximum absolute atomic E-state index is 12.1. The molecule has 0 spiro atoms. The highest BCUT2D eigenvalue weighted by Gasteiger charge is 2.45. The second-order valence-corrected chi connectivity index (χ2v) is 7.89. The van der Waals surface area contributed by atoms with Crippen LogP contribution in [0.4, 0.5) is 0 Å². The van der Waals surface area contributed by atoms with Crippen LogP contribution in [0.25, 0.3) is 0 Å². The molecule has 0 aromatic carbocycles. The van der Waals surface area contributed by atoms with Gasteiger partial charge in [-0.3, -0.25) is 0 Å². The van der Waals surface area contributed by atoms with Gasteiger partial charge >= 0.3 is 0 Å². The Bertz CT molecular complexity index is 316. The number of hydrogen-bond acceptors (Lipinski definition) is 2. The number of alkyl halides is 1. The molecule has 5 heteroatoms. The molecule has 3 nitrogen and oxygen atoms in total. The summed E-state index contributed by atoms with van der Waals surface area (Å²) >= 11 is 3.62. The molecule has 2 atom stereocenters. The van der Waals surface area contributed by atoms with Crippen LogP contribution in [0.5, 0.6) is 0 Å². The van der Waals surface area contributed by atoms with Gasteiger partial charge in [0.2, 0.25) is 10.0 Å². The standard InChI is InChI=1S/C10H18BrNO2S/c1-2-5-15(13,14)12-9-3-4-10(12)7-8(11)6-9/h8-10H,2-7H2,1H3. The van der Waals surface area contributed by atoms with Crippen LogP contribution in [-0.4, -0.2) is 35.4 Å². The number of halogens is 1. The first-order valence-corrected chi connectivity index (χ1v) is 8.22. The van der Waals surface area contributed by atoms with E-state index in [2.05, 4.69) is 15.9 Å². The van der Waals surface area contributed by atoms with Crippen LogP contribution >= 0.6 is 15.9 Å². The molecule has 2 saturated heterocycles. The lowest BCUT2D eigenvalue weighted by Crippen LogP contribution is -2.47. The molecule has 2 fully saturated rings. The van der Waals surface area contributed by atoms with Gasteiger partial charge in [-0.1, -0.05) is 22.9 Å². The van der Waals surface area contributed by atoms with Crippen molar-refractivity contribution in [2.75, 3.05) is 5.75 Å². The van der Waals surface area contributed by atoms with Crippen molar-refractivity contribution in [2.24, 2.45) is 0 Å². The lowest BCUT2D eigenvalue weighted by molar-refractivity contribution is 0.255. The Balaban J connectivity index is 2.18. The summed E-state index contributed by atoms with van der Waals surface area (Å²) in [5.41, 5.74) is 0. The van der Waals surface area contributed by atoms with Gasteiger partial charge in [0.15, 0.2) is 0 Å². The van der Waals surface area contributed by atoms with Crippen molar-refractivity contribution in [1.82, 2.24) is 4.31 Å². The Labute approximate surface area is 100 Å². The van der Waals surface area contributed by atoms with Crippen LogP contribution in [0.3, 0.4) is 0 Å². The molecule has 0 amide bonds. The first-order valence-electron chi connectivity index (χ1n) is 5.70. The van der Waals surface area contributed by atoms with Crippen LogP contribution in [0.15, 0.2) is 0 Å². The minimum atomic E-state index is -2.98. The summed E-state index contributed by atoms with van der Waals surface area (Å²) in [4.78, 5) is 0.517. The summed E-state index contributed by atoms with van der Waals surface area (Å²) in [5.74, 6) is 0.312. The predicted octanol–water partition coefficient (Wildman–Crippen LogP) is 2.12. The van der Waals surface area contributed by atoms with Gasteiger partial charge in [0.1, 0.15) is 0 Å². The first kappa shape index (κ1) is 11.9. The topological polar surface area (TPSA) is 37.4 Å². The normalized spacial score (nSPS) is 37.1. The molecule has 0 aromatic heterocycles. The minimum Gasteiger partial charge on any atom is -0.212 e. The number of fused-ring (bicyclic) bond motifs is 2. The highest BCUT2D eigenvalue weighted by molar-refractivity contribution is 9.09. The Kier molecular flexibility index (Phi) is 3.43. The zero-order valence-electron chi connectivity index (χ0n) is 9.02. The highest BCUT2D eigenvalue weighted by Crippen LogP contribution is 2.40. The molecule has 0 aliphatic carbocycles. The van der Waals surface area contributed by atoms with E-state index >= 15 is 0 Å². The van der Waals surface area contributed by atoms with Crippen molar-refractivity contribution < 1.29 is 8.42 Å². The van der Waals surface area contributed by atoms with Gasteiger partial charge in [-0.2, -0.15) is 4.31 Å². The Morgan fingerprint density at radius 2 is 1.80 bits per heavy atom. The smallest absolute Gasteiger partial charge is 0.212 e. The third kappa shape index (κ3) is 2.24. The van der Waals surface area contributed by atoms with E-state index in [-0.39, 0.29) is 12.1 Å². The Hall–Kier alpha value is 0.390. The molecular weight excluding hydrogens is 278 g/mol. The maximum Gasteiger partial charge on any atom is 0.214 e. The zero-order chi connectivity index (χ0) is 11.1. The van der Waals surface area contributed by atoms with E-state index in [1.54, 1.807) is 0 Å². The molecule has 2 rings (SSSR count). The number of rotatable bonds is 3. The number of hydrogen-bond donors (Lipinski definition) is 0. The van der Waals surface area contributed by atoms with E-state index in [1.165, 1.54) is 0 Å². The fourth-order valence-electron chi connectivity index (χ4n) is 2.89. The van der Waals surface area contributed by atoms with Crippen LogP contribution in [-0.2, 0) is 10.0 Å². The molecule has 15 heavy (non-hydrogen) atoms. The second kappa shape index (κ2) is 4.34. The first-order chi connectivity index (χ1) is 7.04. The quantitative estimate of drug-likeness (QED) is 0.748. The monoisotopic (exact) mass is 295 g/mol. The van der Waals surface area contributed by atoms with Crippen LogP contribution in [0, 0.1) is 0 Å². The van der Waals surface area contributed by atoms with Gasteiger partial charge < -0.3 is 0 Å². The summed E-state index contributed by atoms with van der Waals surface area (Å²) in [6.07, 6.45) is 4.79. The van der Waals surface area contributed by atoms with E-state index in [0.29, 0.717) is 10.6 Å². The van der Waals surface area contributed by atoms with Crippen molar-refractivity contribution in [1.29, 1.82) is 0 Å². The molecule has 2 aliphatic heterocycles. The lowest BCUT2D eigenvalue weighted by Gasteiger charge is -2.35. The summed E-state index contributed by atoms with van der Waals surface area (Å²) in [6, 6.07) is 0.536. The van der Waals surface area contributed by atoms with Crippen molar-refractivity contribution in [3.8, 4) is 0 Å². The lowest BCUT2D eigenvalue weighted by atomic mass is 10.1. The Morgan fingerprint density at radius 3 is 2.27 bits per heavy atom. The summed E-state index contributed by atoms with van der Waals surface area (Å²) < 4.78 is 25.9. The van der Waals surface area contributed by atoms with E-state index in [0.717, 1.165) is 32.1 Å². The average Bonchev–Trinajstić information content (AvgIpc) is 2.40. The number of piperidine rings is 1. The maximum atomic E-state index is 12.1. The molecule has 2 bridgehead atoms. The predicted molar refractivity (Wildman–Crippen MR) is 64.7 cm³/mol. The molecule has 0 aromatic rings. The van der Waals surface area contributed by atoms with Crippen molar-refractivity contribution in [3.05, 3.63) is 0 Å². The molecule has 2 heterocycles. The highest BCUT2D eigenvalue weighted by atomic mass is 79.9. The zero-order valence-corrected chi connectivity index (χ0v) is 11.4.